The van der Waals surface area contributed by atoms with E-state index < -0.39 is 17.6 Å². The molecular formula is C19H17FN4O3. The maximum absolute atomic E-state index is 13.5. The molecule has 0 radical (unpaired) electrons. The van der Waals surface area contributed by atoms with Gasteiger partial charge in [-0.05, 0) is 25.1 Å². The Balaban J connectivity index is 1.50. The van der Waals surface area contributed by atoms with Crippen LogP contribution in [-0.4, -0.2) is 35.0 Å². The molecule has 0 aliphatic rings. The molecule has 0 saturated heterocycles. The minimum Gasteiger partial charge on any atom is -0.350 e. The highest BCUT2D eigenvalue weighted by atomic mass is 19.1. The summed E-state index contributed by atoms with van der Waals surface area (Å²) >= 11 is 0. The summed E-state index contributed by atoms with van der Waals surface area (Å²) in [5, 5.41) is 8.87. The van der Waals surface area contributed by atoms with Crippen molar-refractivity contribution in [2.75, 3.05) is 13.1 Å². The number of nitrogens with one attached hydrogen (secondary N) is 2. The molecule has 2 N–H and O–H groups in total. The summed E-state index contributed by atoms with van der Waals surface area (Å²) in [7, 11) is 0. The number of hydrogen-bond donors (Lipinski definition) is 2. The van der Waals surface area contributed by atoms with Gasteiger partial charge in [-0.15, -0.1) is 0 Å². The Morgan fingerprint density at radius 2 is 1.78 bits per heavy atom. The van der Waals surface area contributed by atoms with E-state index in [0.29, 0.717) is 5.82 Å². The third-order valence-electron chi connectivity index (χ3n) is 3.71. The van der Waals surface area contributed by atoms with E-state index in [2.05, 4.69) is 20.8 Å². The van der Waals surface area contributed by atoms with Crippen molar-refractivity contribution in [1.82, 2.24) is 20.8 Å². The van der Waals surface area contributed by atoms with Gasteiger partial charge in [0.1, 0.15) is 5.82 Å². The number of benzene rings is 2. The largest absolute Gasteiger partial charge is 0.350 e. The fourth-order valence-corrected chi connectivity index (χ4v) is 2.39. The lowest BCUT2D eigenvalue weighted by Crippen LogP contribution is -2.35. The topological polar surface area (TPSA) is 97.1 Å². The number of halogens is 1. The van der Waals surface area contributed by atoms with Crippen LogP contribution in [0.15, 0.2) is 53.1 Å². The first-order valence-electron chi connectivity index (χ1n) is 8.26. The number of carbonyl (C=O) groups excluding carboxylic acids is 2. The summed E-state index contributed by atoms with van der Waals surface area (Å²) in [5.41, 5.74) is 1.73. The molecule has 138 valence electrons. The van der Waals surface area contributed by atoms with E-state index in [1.165, 1.54) is 18.2 Å². The number of rotatable bonds is 6. The molecule has 2 amide bonds. The second-order valence-electron chi connectivity index (χ2n) is 5.78. The van der Waals surface area contributed by atoms with Crippen molar-refractivity contribution in [1.29, 1.82) is 0 Å². The molecule has 3 aromatic rings. The van der Waals surface area contributed by atoms with Crippen LogP contribution in [-0.2, 0) is 0 Å². The molecule has 8 heteroatoms. The monoisotopic (exact) mass is 368 g/mol. The average molecular weight is 368 g/mol. The molecule has 0 bridgehead atoms. The lowest BCUT2D eigenvalue weighted by molar-refractivity contribution is 0.0897. The van der Waals surface area contributed by atoms with Crippen LogP contribution in [0.4, 0.5) is 4.39 Å². The van der Waals surface area contributed by atoms with Crippen LogP contribution in [0.2, 0.25) is 0 Å². The SMILES string of the molecule is Cc1cccc(-c2noc(C(=O)NCCNC(=O)c3ccccc3F)n2)c1. The fourth-order valence-electron chi connectivity index (χ4n) is 2.39. The summed E-state index contributed by atoms with van der Waals surface area (Å²) in [5.74, 6) is -1.57. The number of aryl methyl sites for hydroxylation is 1. The van der Waals surface area contributed by atoms with E-state index in [1.807, 2.05) is 31.2 Å². The number of aromatic nitrogens is 2. The van der Waals surface area contributed by atoms with Gasteiger partial charge in [-0.2, -0.15) is 4.98 Å². The highest BCUT2D eigenvalue weighted by Crippen LogP contribution is 2.16. The predicted octanol–water partition coefficient (Wildman–Crippen LogP) is 2.34. The smallest absolute Gasteiger partial charge is 0.316 e. The molecule has 7 nitrogen and oxygen atoms in total. The van der Waals surface area contributed by atoms with Gasteiger partial charge in [-0.1, -0.05) is 41.1 Å². The zero-order chi connectivity index (χ0) is 19.2. The molecule has 1 aromatic heterocycles. The Morgan fingerprint density at radius 3 is 2.52 bits per heavy atom. The van der Waals surface area contributed by atoms with Gasteiger partial charge >= 0.3 is 11.8 Å². The van der Waals surface area contributed by atoms with E-state index in [0.717, 1.165) is 11.1 Å². The first-order chi connectivity index (χ1) is 13.0. The fraction of sp³-hybridized carbons (Fsp3) is 0.158. The summed E-state index contributed by atoms with van der Waals surface area (Å²) in [6, 6.07) is 13.2. The van der Waals surface area contributed by atoms with Crippen LogP contribution in [0.5, 0.6) is 0 Å². The second-order valence-corrected chi connectivity index (χ2v) is 5.78. The molecule has 0 aliphatic carbocycles. The van der Waals surface area contributed by atoms with Gasteiger partial charge in [0.05, 0.1) is 5.56 Å². The molecule has 2 aromatic carbocycles. The van der Waals surface area contributed by atoms with Crippen LogP contribution < -0.4 is 10.6 Å². The van der Waals surface area contributed by atoms with Crippen molar-refractivity contribution in [3.05, 3.63) is 71.4 Å². The maximum Gasteiger partial charge on any atom is 0.316 e. The average Bonchev–Trinajstić information content (AvgIpc) is 3.15. The van der Waals surface area contributed by atoms with Gasteiger partial charge in [-0.25, -0.2) is 4.39 Å². The van der Waals surface area contributed by atoms with Crippen molar-refractivity contribution in [3.8, 4) is 11.4 Å². The Kier molecular flexibility index (Phi) is 5.55. The lowest BCUT2D eigenvalue weighted by Gasteiger charge is -2.06. The zero-order valence-corrected chi connectivity index (χ0v) is 14.5. The van der Waals surface area contributed by atoms with Crippen molar-refractivity contribution >= 4 is 11.8 Å². The van der Waals surface area contributed by atoms with Crippen LogP contribution in [0, 0.1) is 12.7 Å². The van der Waals surface area contributed by atoms with Crippen molar-refractivity contribution < 1.29 is 18.5 Å². The molecule has 0 spiro atoms. The zero-order valence-electron chi connectivity index (χ0n) is 14.5. The molecule has 3 rings (SSSR count). The Hall–Kier alpha value is -3.55. The van der Waals surface area contributed by atoms with Gasteiger partial charge in [0.15, 0.2) is 0 Å². The predicted molar refractivity (Wildman–Crippen MR) is 95.5 cm³/mol. The van der Waals surface area contributed by atoms with Crippen LogP contribution in [0.25, 0.3) is 11.4 Å². The quantitative estimate of drug-likeness (QED) is 0.651. The van der Waals surface area contributed by atoms with E-state index in [9.17, 15) is 14.0 Å². The first-order valence-corrected chi connectivity index (χ1v) is 8.26. The summed E-state index contributed by atoms with van der Waals surface area (Å²) in [6.07, 6.45) is 0. The molecule has 1 heterocycles. The van der Waals surface area contributed by atoms with Crippen LogP contribution >= 0.6 is 0 Å². The van der Waals surface area contributed by atoms with E-state index in [-0.39, 0.29) is 24.5 Å². The third kappa shape index (κ3) is 4.55. The summed E-state index contributed by atoms with van der Waals surface area (Å²) in [4.78, 5) is 28.0. The molecule has 0 saturated carbocycles. The normalized spacial score (nSPS) is 10.4. The summed E-state index contributed by atoms with van der Waals surface area (Å²) in [6.45, 7) is 2.19. The van der Waals surface area contributed by atoms with E-state index in [4.69, 9.17) is 4.52 Å². The Morgan fingerprint density at radius 1 is 1.04 bits per heavy atom. The molecular weight excluding hydrogens is 351 g/mol. The molecule has 0 aliphatic heterocycles. The Bertz CT molecular complexity index is 971. The molecule has 0 atom stereocenters. The molecule has 27 heavy (non-hydrogen) atoms. The Labute approximate surface area is 154 Å². The minimum absolute atomic E-state index is 0.0523. The summed E-state index contributed by atoms with van der Waals surface area (Å²) < 4.78 is 18.5. The van der Waals surface area contributed by atoms with E-state index >= 15 is 0 Å². The van der Waals surface area contributed by atoms with E-state index in [1.54, 1.807) is 6.07 Å². The van der Waals surface area contributed by atoms with Crippen LogP contribution in [0.3, 0.4) is 0 Å². The van der Waals surface area contributed by atoms with Gasteiger partial charge in [-0.3, -0.25) is 9.59 Å². The maximum atomic E-state index is 13.5. The third-order valence-corrected chi connectivity index (χ3v) is 3.71. The number of nitrogens with zero attached hydrogens (tertiary/aromatic N) is 2. The van der Waals surface area contributed by atoms with Crippen LogP contribution in [0.1, 0.15) is 26.6 Å². The van der Waals surface area contributed by atoms with Gasteiger partial charge in [0, 0.05) is 18.7 Å². The lowest BCUT2D eigenvalue weighted by atomic mass is 10.1. The molecule has 0 unspecified atom stereocenters. The second kappa shape index (κ2) is 8.22. The minimum atomic E-state index is -0.603. The molecule has 0 fully saturated rings. The van der Waals surface area contributed by atoms with Crippen molar-refractivity contribution in [2.45, 2.75) is 6.92 Å². The van der Waals surface area contributed by atoms with Crippen molar-refractivity contribution in [2.24, 2.45) is 0 Å². The van der Waals surface area contributed by atoms with Gasteiger partial charge < -0.3 is 15.2 Å². The van der Waals surface area contributed by atoms with Gasteiger partial charge in [0.25, 0.3) is 5.91 Å². The number of carbonyl (C=O) groups is 2. The first kappa shape index (κ1) is 18.2. The van der Waals surface area contributed by atoms with Crippen molar-refractivity contribution in [3.63, 3.8) is 0 Å². The highest BCUT2D eigenvalue weighted by Gasteiger charge is 2.16. The highest BCUT2D eigenvalue weighted by molar-refractivity contribution is 5.94. The number of hydrogen-bond acceptors (Lipinski definition) is 5. The number of amides is 2. The van der Waals surface area contributed by atoms with Gasteiger partial charge in [0.2, 0.25) is 5.82 Å². The standard InChI is InChI=1S/C19H17FN4O3/c1-12-5-4-6-13(11-12)16-23-19(27-24-16)18(26)22-10-9-21-17(25)14-7-2-3-8-15(14)20/h2-8,11H,9-10H2,1H3,(H,21,25)(H,22,26).